The second-order valence-corrected chi connectivity index (χ2v) is 8.03. The van der Waals surface area contributed by atoms with Gasteiger partial charge in [-0.2, -0.15) is 43.5 Å². The third kappa shape index (κ3) is 7.31. The van der Waals surface area contributed by atoms with E-state index in [0.29, 0.717) is 24.3 Å². The largest absolute Gasteiger partial charge is 0.466 e. The van der Waals surface area contributed by atoms with Crippen LogP contribution in [0.4, 0.5) is 45.2 Å². The van der Waals surface area contributed by atoms with Gasteiger partial charge in [-0.15, -0.1) is 0 Å². The number of benzene rings is 1. The number of hydrogen-bond acceptors (Lipinski definition) is 6. The molecule has 1 rings (SSSR count). The average Bonchev–Trinajstić information content (AvgIpc) is 2.70. The highest BCUT2D eigenvalue weighted by Gasteiger charge is 2.67. The van der Waals surface area contributed by atoms with Crippen molar-refractivity contribution in [2.75, 3.05) is 18.6 Å². The minimum Gasteiger partial charge on any atom is -0.412 e. The molecule has 1 aromatic rings. The Labute approximate surface area is 190 Å². The fourth-order valence-electron chi connectivity index (χ4n) is 2.07. The highest BCUT2D eigenvalue weighted by atomic mass is 32.2. The van der Waals surface area contributed by atoms with Crippen LogP contribution in [-0.4, -0.2) is 55.3 Å². The Morgan fingerprint density at radius 2 is 1.51 bits per heavy atom. The van der Waals surface area contributed by atoms with Crippen molar-refractivity contribution >= 4 is 27.7 Å². The highest BCUT2D eigenvalue weighted by molar-refractivity contribution is 7.86. The molecule has 0 radical (unpaired) electrons. The molecule has 2 N–H and O–H groups in total. The number of hydrogen-bond donors (Lipinski definition) is 2. The minimum absolute atomic E-state index is 0.343. The van der Waals surface area contributed by atoms with Crippen molar-refractivity contribution in [3.05, 3.63) is 42.0 Å². The second-order valence-electron chi connectivity index (χ2n) is 6.48. The lowest BCUT2D eigenvalue weighted by atomic mass is 10.1. The lowest BCUT2D eigenvalue weighted by molar-refractivity contribution is -0.346. The summed E-state index contributed by atoms with van der Waals surface area (Å²) >= 11 is 0. The lowest BCUT2D eigenvalue weighted by Crippen LogP contribution is -2.60. The monoisotopic (exact) mass is 547 g/mol. The number of carbonyl (C=O) groups excluding carboxylic acids is 2. The van der Waals surface area contributed by atoms with Gasteiger partial charge >= 0.3 is 45.4 Å². The second kappa shape index (κ2) is 10.4. The fraction of sp³-hybridized carbons (Fsp3) is 0.412. The van der Waals surface area contributed by atoms with Crippen LogP contribution in [-0.2, 0) is 35.4 Å². The molecule has 0 bridgehead atoms. The van der Waals surface area contributed by atoms with Crippen molar-refractivity contribution in [2.45, 2.75) is 29.8 Å². The summed E-state index contributed by atoms with van der Waals surface area (Å²) in [5.41, 5.74) is -3.30. The van der Waals surface area contributed by atoms with Crippen molar-refractivity contribution in [3.63, 3.8) is 0 Å². The van der Waals surface area contributed by atoms with Crippen LogP contribution >= 0.6 is 0 Å². The van der Waals surface area contributed by atoms with E-state index in [1.807, 2.05) is 0 Å². The summed E-state index contributed by atoms with van der Waals surface area (Å²) in [5.74, 6) is -9.56. The Balaban J connectivity index is 3.39. The summed E-state index contributed by atoms with van der Waals surface area (Å²) in [6.45, 7) is -1.06. The first-order valence-corrected chi connectivity index (χ1v) is 10.1. The van der Waals surface area contributed by atoms with Gasteiger partial charge in [0.2, 0.25) is 0 Å². The number of anilines is 1. The summed E-state index contributed by atoms with van der Waals surface area (Å²) in [6, 6.07) is 1.65. The van der Waals surface area contributed by atoms with E-state index >= 15 is 0 Å². The smallest absolute Gasteiger partial charge is 0.412 e. The Morgan fingerprint density at radius 3 is 1.91 bits per heavy atom. The molecule has 1 aromatic carbocycles. The summed E-state index contributed by atoms with van der Waals surface area (Å²) in [7, 11) is -6.14. The normalized spacial score (nSPS) is 14.7. The van der Waals surface area contributed by atoms with Crippen molar-refractivity contribution in [1.82, 2.24) is 0 Å². The molecule has 0 aliphatic heterocycles. The van der Waals surface area contributed by atoms with Crippen LogP contribution in [0.2, 0.25) is 0 Å². The molecule has 198 valence electrons. The first kappa shape index (κ1) is 30.2. The van der Waals surface area contributed by atoms with Crippen LogP contribution in [0.5, 0.6) is 0 Å². The number of halogens is 9. The van der Waals surface area contributed by atoms with Crippen molar-refractivity contribution in [2.24, 2.45) is 0 Å². The predicted molar refractivity (Wildman–Crippen MR) is 97.1 cm³/mol. The average molecular weight is 547 g/mol. The van der Waals surface area contributed by atoms with Crippen LogP contribution in [0.3, 0.4) is 0 Å². The number of esters is 1. The number of nitrogens with one attached hydrogen (secondary N) is 1. The molecule has 0 aliphatic rings. The molecule has 1 amide bonds. The zero-order chi connectivity index (χ0) is 27.5. The van der Waals surface area contributed by atoms with Gasteiger partial charge in [0.05, 0.1) is 24.2 Å². The summed E-state index contributed by atoms with van der Waals surface area (Å²) < 4.78 is 156. The fourth-order valence-corrected chi connectivity index (χ4v) is 2.41. The molecule has 8 nitrogen and oxygen atoms in total. The van der Waals surface area contributed by atoms with Crippen molar-refractivity contribution in [3.8, 4) is 0 Å². The van der Waals surface area contributed by atoms with Gasteiger partial charge < -0.3 is 14.8 Å². The first-order valence-electron chi connectivity index (χ1n) is 8.69. The molecule has 0 aromatic heterocycles. The zero-order valence-corrected chi connectivity index (χ0v) is 17.7. The molecule has 0 heterocycles. The van der Waals surface area contributed by atoms with Gasteiger partial charge in [-0.3, -0.25) is 9.35 Å². The van der Waals surface area contributed by atoms with Crippen molar-refractivity contribution in [1.29, 1.82) is 0 Å². The Bertz CT molecular complexity index is 1050. The van der Waals surface area contributed by atoms with Crippen LogP contribution in [0.1, 0.15) is 12.0 Å². The van der Waals surface area contributed by atoms with E-state index in [9.17, 15) is 57.5 Å². The van der Waals surface area contributed by atoms with Crippen molar-refractivity contribution < 1.29 is 71.5 Å². The third-order valence-corrected chi connectivity index (χ3v) is 4.86. The van der Waals surface area contributed by atoms with Gasteiger partial charge in [0.1, 0.15) is 6.67 Å². The molecule has 0 saturated carbocycles. The predicted octanol–water partition coefficient (Wildman–Crippen LogP) is 3.86. The maximum absolute atomic E-state index is 13.8. The number of rotatable bonds is 10. The topological polar surface area (TPSA) is 119 Å². The molecule has 1 atom stereocenters. The van der Waals surface area contributed by atoms with Gasteiger partial charge in [-0.05, 0) is 24.3 Å². The number of amides is 1. The van der Waals surface area contributed by atoms with E-state index in [2.05, 4.69) is 16.1 Å². The van der Waals surface area contributed by atoms with E-state index in [1.165, 1.54) is 5.32 Å². The van der Waals surface area contributed by atoms with Crippen LogP contribution in [0.25, 0.3) is 0 Å². The van der Waals surface area contributed by atoms with Gasteiger partial charge in [0.15, 0.2) is 0 Å². The van der Waals surface area contributed by atoms with Crippen LogP contribution < -0.4 is 5.32 Å². The maximum Gasteiger partial charge on any atom is 0.466 e. The van der Waals surface area contributed by atoms with Gasteiger partial charge in [-0.1, -0.05) is 6.58 Å². The Hall–Kier alpha value is -2.86. The minimum atomic E-state index is -6.14. The molecule has 0 fully saturated rings. The molecule has 0 spiro atoms. The molecule has 0 aliphatic carbocycles. The lowest BCUT2D eigenvalue weighted by Gasteiger charge is -2.33. The van der Waals surface area contributed by atoms with Gasteiger partial charge in [-0.25, -0.2) is 9.18 Å². The molecular weight excluding hydrogens is 533 g/mol. The molecule has 0 saturated heterocycles. The van der Waals surface area contributed by atoms with Gasteiger partial charge in [0, 0.05) is 5.69 Å². The maximum atomic E-state index is 13.8. The molecule has 35 heavy (non-hydrogen) atoms. The molecular formula is C17H14F9NO7S. The number of ether oxygens (including phenoxy) is 2. The number of alkyl halides is 9. The summed E-state index contributed by atoms with van der Waals surface area (Å²) in [4.78, 5) is 24.2. The van der Waals surface area contributed by atoms with E-state index in [4.69, 9.17) is 4.55 Å². The Morgan fingerprint density at radius 1 is 1.00 bits per heavy atom. The molecule has 1 unspecified atom stereocenters. The Kier molecular flexibility index (Phi) is 8.97. The quantitative estimate of drug-likeness (QED) is 0.150. The molecule has 18 heteroatoms. The van der Waals surface area contributed by atoms with E-state index < -0.39 is 81.9 Å². The third-order valence-electron chi connectivity index (χ3n) is 3.90. The summed E-state index contributed by atoms with van der Waals surface area (Å²) in [5, 5.41) is -3.67. The number of carbonyl (C=O) groups is 2. The van der Waals surface area contributed by atoms with E-state index in [0.717, 1.165) is 0 Å². The van der Waals surface area contributed by atoms with Gasteiger partial charge in [0.25, 0.3) is 0 Å². The summed E-state index contributed by atoms with van der Waals surface area (Å²) in [6.07, 6.45) is -13.1. The van der Waals surface area contributed by atoms with Crippen LogP contribution in [0.15, 0.2) is 36.4 Å². The standard InChI is InChI=1S/C17H14F9NO7S/c1-9(8-18)12(28)34-15(17(24,25)26,33-7-6-14(19,20)35(30,31)32)13(29)27-11-4-2-10(3-5-11)16(21,22)23/h2-5H,1,6-8H2,(H,27,29)(H,30,31,32). The van der Waals surface area contributed by atoms with E-state index in [1.54, 1.807) is 0 Å². The first-order chi connectivity index (χ1) is 15.7. The van der Waals surface area contributed by atoms with Crippen LogP contribution in [0, 0.1) is 0 Å². The SMILES string of the molecule is C=C(CF)C(=O)OC(OCCC(F)(F)S(=O)(=O)O)(C(=O)Nc1ccc(C(F)(F)F)cc1)C(F)(F)F. The van der Waals surface area contributed by atoms with E-state index in [-0.39, 0.29) is 0 Å². The zero-order valence-electron chi connectivity index (χ0n) is 16.8. The highest BCUT2D eigenvalue weighted by Crippen LogP contribution is 2.38.